The minimum absolute atomic E-state index is 0.818. The second kappa shape index (κ2) is 0.840. The van der Waals surface area contributed by atoms with Gasteiger partial charge in [0.15, 0.2) is 5.84 Å². The Hall–Kier alpha value is -0.900. The van der Waals surface area contributed by atoms with E-state index in [2.05, 4.69) is 21.1 Å². The molecule has 0 radical (unpaired) electrons. The first-order valence-electron chi connectivity index (χ1n) is 2.10. The molecule has 0 unspecified atom stereocenters. The van der Waals surface area contributed by atoms with E-state index in [4.69, 9.17) is 0 Å². The molecule has 4 nitrogen and oxygen atoms in total. The molecular formula is C3H4N4. The van der Waals surface area contributed by atoms with Crippen LogP contribution in [0.1, 0.15) is 0 Å². The smallest absolute Gasteiger partial charge is 0.187 e. The SMILES string of the molecule is C1NNC2=NN=C12. The maximum Gasteiger partial charge on any atom is 0.187 e. The number of rotatable bonds is 0. The molecule has 0 saturated carbocycles. The zero-order chi connectivity index (χ0) is 4.69. The average Bonchev–Trinajstić information content (AvgIpc) is 1.85. The maximum absolute atomic E-state index is 3.71. The number of hydrogen-bond donors (Lipinski definition) is 2. The molecule has 0 spiro atoms. The van der Waals surface area contributed by atoms with Crippen LogP contribution in [-0.2, 0) is 0 Å². The Morgan fingerprint density at radius 2 is 2.43 bits per heavy atom. The zero-order valence-electron chi connectivity index (χ0n) is 3.60. The second-order valence-electron chi connectivity index (χ2n) is 1.47. The van der Waals surface area contributed by atoms with Crippen molar-refractivity contribution in [3.63, 3.8) is 0 Å². The lowest BCUT2D eigenvalue weighted by molar-refractivity contribution is 0.773. The first-order chi connectivity index (χ1) is 3.47. The monoisotopic (exact) mass is 96.0 g/mol. The molecule has 7 heavy (non-hydrogen) atoms. The number of amidine groups is 1. The van der Waals surface area contributed by atoms with Crippen molar-refractivity contribution < 1.29 is 0 Å². The Balaban J connectivity index is 2.33. The first-order valence-corrected chi connectivity index (χ1v) is 2.10. The molecule has 0 aromatic rings. The molecule has 2 aliphatic rings. The molecule has 0 aromatic heterocycles. The first kappa shape index (κ1) is 3.15. The van der Waals surface area contributed by atoms with E-state index in [1.54, 1.807) is 0 Å². The number of nitrogens with zero attached hydrogens (tertiary/aromatic N) is 2. The predicted molar refractivity (Wildman–Crippen MR) is 26.0 cm³/mol. The Bertz CT molecular complexity index is 138. The predicted octanol–water partition coefficient (Wildman–Crippen LogP) is -1.14. The van der Waals surface area contributed by atoms with Crippen LogP contribution in [0.5, 0.6) is 0 Å². The van der Waals surface area contributed by atoms with Crippen LogP contribution in [0.15, 0.2) is 10.2 Å². The summed E-state index contributed by atoms with van der Waals surface area (Å²) in [5.41, 5.74) is 6.74. The Morgan fingerprint density at radius 1 is 1.43 bits per heavy atom. The van der Waals surface area contributed by atoms with E-state index in [0.29, 0.717) is 0 Å². The van der Waals surface area contributed by atoms with Crippen molar-refractivity contribution in [1.29, 1.82) is 0 Å². The highest BCUT2D eigenvalue weighted by Gasteiger charge is 2.21. The van der Waals surface area contributed by atoms with Gasteiger partial charge >= 0.3 is 0 Å². The van der Waals surface area contributed by atoms with Crippen molar-refractivity contribution in [2.45, 2.75) is 0 Å². The van der Waals surface area contributed by atoms with E-state index in [1.165, 1.54) is 0 Å². The molecular weight excluding hydrogens is 92.1 g/mol. The van der Waals surface area contributed by atoms with E-state index in [-0.39, 0.29) is 0 Å². The molecule has 0 amide bonds. The Morgan fingerprint density at radius 3 is 2.71 bits per heavy atom. The average molecular weight is 96.1 g/mol. The highest BCUT2D eigenvalue weighted by atomic mass is 15.5. The fourth-order valence-corrected chi connectivity index (χ4v) is 0.599. The summed E-state index contributed by atoms with van der Waals surface area (Å²) in [6, 6.07) is 0. The third-order valence-electron chi connectivity index (χ3n) is 1.01. The largest absolute Gasteiger partial charge is 0.302 e. The van der Waals surface area contributed by atoms with Crippen LogP contribution in [0.4, 0.5) is 0 Å². The van der Waals surface area contributed by atoms with Gasteiger partial charge in [-0.25, -0.2) is 5.43 Å². The van der Waals surface area contributed by atoms with Gasteiger partial charge in [-0.05, 0) is 0 Å². The normalized spacial score (nSPS) is 24.0. The van der Waals surface area contributed by atoms with Gasteiger partial charge in [0.2, 0.25) is 0 Å². The molecule has 36 valence electrons. The highest BCUT2D eigenvalue weighted by Crippen LogP contribution is 1.97. The third kappa shape index (κ3) is 0.247. The van der Waals surface area contributed by atoms with Crippen molar-refractivity contribution in [2.75, 3.05) is 6.54 Å². The Kier molecular flexibility index (Phi) is 0.378. The van der Waals surface area contributed by atoms with Crippen LogP contribution in [0, 0.1) is 0 Å². The molecule has 0 atom stereocenters. The molecule has 1 fully saturated rings. The number of nitrogens with one attached hydrogen (secondary N) is 2. The summed E-state index contributed by atoms with van der Waals surface area (Å²) >= 11 is 0. The van der Waals surface area contributed by atoms with Crippen LogP contribution >= 0.6 is 0 Å². The summed E-state index contributed by atoms with van der Waals surface area (Å²) in [6.07, 6.45) is 0. The summed E-state index contributed by atoms with van der Waals surface area (Å²) < 4.78 is 0. The molecule has 0 aromatic carbocycles. The quantitative estimate of drug-likeness (QED) is 0.400. The van der Waals surface area contributed by atoms with Gasteiger partial charge in [0, 0.05) is 0 Å². The van der Waals surface area contributed by atoms with E-state index in [1.807, 2.05) is 0 Å². The maximum atomic E-state index is 3.71. The standard InChI is InChI=1S/C3H4N4/c1-2-3(6-4-1)7-5-2/h4H,1H2,(H,6,7). The van der Waals surface area contributed by atoms with Gasteiger partial charge in [-0.1, -0.05) is 0 Å². The molecule has 4 heteroatoms. The van der Waals surface area contributed by atoms with Gasteiger partial charge in [0.05, 0.1) is 6.54 Å². The minimum atomic E-state index is 0.818. The highest BCUT2D eigenvalue weighted by molar-refractivity contribution is 6.46. The molecule has 2 rings (SSSR count). The molecule has 2 aliphatic heterocycles. The molecule has 0 bridgehead atoms. The van der Waals surface area contributed by atoms with Crippen molar-refractivity contribution in [2.24, 2.45) is 10.2 Å². The van der Waals surface area contributed by atoms with Crippen molar-refractivity contribution in [3.05, 3.63) is 0 Å². The van der Waals surface area contributed by atoms with Gasteiger partial charge in [0.1, 0.15) is 5.71 Å². The van der Waals surface area contributed by atoms with Crippen LogP contribution in [0.3, 0.4) is 0 Å². The summed E-state index contributed by atoms with van der Waals surface area (Å²) in [7, 11) is 0. The van der Waals surface area contributed by atoms with Crippen molar-refractivity contribution in [3.8, 4) is 0 Å². The molecule has 2 heterocycles. The van der Waals surface area contributed by atoms with E-state index in [0.717, 1.165) is 18.1 Å². The van der Waals surface area contributed by atoms with Gasteiger partial charge in [-0.2, -0.15) is 0 Å². The number of hydrogen-bond acceptors (Lipinski definition) is 4. The summed E-state index contributed by atoms with van der Waals surface area (Å²) in [4.78, 5) is 0. The van der Waals surface area contributed by atoms with Crippen LogP contribution < -0.4 is 10.9 Å². The van der Waals surface area contributed by atoms with Crippen molar-refractivity contribution in [1.82, 2.24) is 10.9 Å². The lowest BCUT2D eigenvalue weighted by Crippen LogP contribution is -2.28. The van der Waals surface area contributed by atoms with E-state index in [9.17, 15) is 0 Å². The molecule has 1 saturated heterocycles. The third-order valence-corrected chi connectivity index (χ3v) is 1.01. The second-order valence-corrected chi connectivity index (χ2v) is 1.47. The van der Waals surface area contributed by atoms with Crippen LogP contribution in [0.2, 0.25) is 0 Å². The molecule has 2 N–H and O–H groups in total. The van der Waals surface area contributed by atoms with Gasteiger partial charge < -0.3 is 5.43 Å². The number of fused-ring (bicyclic) bond motifs is 1. The van der Waals surface area contributed by atoms with Gasteiger partial charge in [0.25, 0.3) is 0 Å². The van der Waals surface area contributed by atoms with Crippen molar-refractivity contribution >= 4 is 11.5 Å². The minimum Gasteiger partial charge on any atom is -0.302 e. The Labute approximate surface area is 40.3 Å². The summed E-state index contributed by atoms with van der Waals surface area (Å²) in [5.74, 6) is 0.903. The van der Waals surface area contributed by atoms with E-state index < -0.39 is 0 Å². The summed E-state index contributed by atoms with van der Waals surface area (Å²) in [6.45, 7) is 0.818. The zero-order valence-corrected chi connectivity index (χ0v) is 3.60. The number of hydrazine groups is 1. The topological polar surface area (TPSA) is 48.8 Å². The van der Waals surface area contributed by atoms with Gasteiger partial charge in [-0.3, -0.25) is 0 Å². The fraction of sp³-hybridized carbons (Fsp3) is 0.333. The van der Waals surface area contributed by atoms with E-state index >= 15 is 0 Å². The van der Waals surface area contributed by atoms with Crippen LogP contribution in [-0.4, -0.2) is 18.1 Å². The fourth-order valence-electron chi connectivity index (χ4n) is 0.599. The van der Waals surface area contributed by atoms with Gasteiger partial charge in [-0.15, -0.1) is 10.2 Å². The lowest BCUT2D eigenvalue weighted by Gasteiger charge is -1.99. The van der Waals surface area contributed by atoms with Crippen LogP contribution in [0.25, 0.3) is 0 Å². The molecule has 0 aliphatic carbocycles. The summed E-state index contributed by atoms with van der Waals surface area (Å²) in [5, 5.41) is 7.37. The lowest BCUT2D eigenvalue weighted by atomic mass is 10.3.